The van der Waals surface area contributed by atoms with Crippen molar-refractivity contribution in [1.82, 2.24) is 29.6 Å². The average Bonchev–Trinajstić information content (AvgIpc) is 3.55. The topological polar surface area (TPSA) is 118 Å². The van der Waals surface area contributed by atoms with Crippen molar-refractivity contribution in [1.29, 1.82) is 0 Å². The second-order valence-electron chi connectivity index (χ2n) is 9.30. The zero-order valence-corrected chi connectivity index (χ0v) is 19.6. The molecular weight excluding hydrogens is 449 g/mol. The molecule has 0 unspecified atom stereocenters. The van der Waals surface area contributed by atoms with E-state index < -0.39 is 5.82 Å². The van der Waals surface area contributed by atoms with Gasteiger partial charge < -0.3 is 16.0 Å². The van der Waals surface area contributed by atoms with Crippen molar-refractivity contribution in [3.8, 4) is 5.69 Å². The Kier molecular flexibility index (Phi) is 6.84. The van der Waals surface area contributed by atoms with Crippen LogP contribution in [-0.2, 0) is 11.3 Å². The lowest BCUT2D eigenvalue weighted by Crippen LogP contribution is -2.40. The van der Waals surface area contributed by atoms with E-state index in [4.69, 9.17) is 5.73 Å². The summed E-state index contributed by atoms with van der Waals surface area (Å²) in [6.45, 7) is 3.09. The van der Waals surface area contributed by atoms with Gasteiger partial charge in [-0.15, -0.1) is 0 Å². The van der Waals surface area contributed by atoms with Gasteiger partial charge in [0.05, 0.1) is 12.2 Å². The van der Waals surface area contributed by atoms with Crippen LogP contribution in [0.2, 0.25) is 0 Å². The fourth-order valence-electron chi connectivity index (χ4n) is 4.59. The van der Waals surface area contributed by atoms with E-state index in [-0.39, 0.29) is 17.8 Å². The van der Waals surface area contributed by atoms with Crippen molar-refractivity contribution in [2.24, 2.45) is 11.7 Å². The standard InChI is InChI=1S/C24H30FN9O/c25-22-23(28-11-17-6-8-32(9-7-17)13-21(26)35)29-15-30-24(22)33(19-4-5-19)12-18-2-1-3-20(10-18)34-16-27-14-31-34/h1-3,10,14-17,19H,4-9,11-13H2,(H2,26,35)(H,28,29,30). The van der Waals surface area contributed by atoms with Gasteiger partial charge in [0.15, 0.2) is 11.6 Å². The number of nitrogens with zero attached hydrogens (tertiary/aromatic N) is 7. The lowest BCUT2D eigenvalue weighted by molar-refractivity contribution is -0.119. The number of carbonyl (C=O) groups excluding carboxylic acids is 1. The first-order valence-electron chi connectivity index (χ1n) is 12.0. The molecular formula is C24H30FN9O. The average molecular weight is 480 g/mol. The molecule has 2 fully saturated rings. The normalized spacial score (nSPS) is 16.8. The van der Waals surface area contributed by atoms with Crippen LogP contribution >= 0.6 is 0 Å². The van der Waals surface area contributed by atoms with E-state index in [1.165, 1.54) is 12.7 Å². The molecule has 0 radical (unpaired) electrons. The Balaban J connectivity index is 1.25. The molecule has 0 spiro atoms. The first-order chi connectivity index (χ1) is 17.1. The fourth-order valence-corrected chi connectivity index (χ4v) is 4.59. The highest BCUT2D eigenvalue weighted by Gasteiger charge is 2.33. The van der Waals surface area contributed by atoms with E-state index >= 15 is 4.39 Å². The molecule has 1 aromatic carbocycles. The van der Waals surface area contributed by atoms with Crippen LogP contribution in [0.15, 0.2) is 43.2 Å². The number of nitrogens with one attached hydrogen (secondary N) is 1. The number of hydrogen-bond acceptors (Lipinski definition) is 8. The van der Waals surface area contributed by atoms with Crippen LogP contribution in [0.4, 0.5) is 16.0 Å². The molecule has 1 aliphatic heterocycles. The lowest BCUT2D eigenvalue weighted by atomic mass is 9.97. The van der Waals surface area contributed by atoms with Gasteiger partial charge in [0.2, 0.25) is 11.7 Å². The summed E-state index contributed by atoms with van der Waals surface area (Å²) in [7, 11) is 0. The number of benzene rings is 1. The maximum absolute atomic E-state index is 15.6. The summed E-state index contributed by atoms with van der Waals surface area (Å²) in [5.41, 5.74) is 7.24. The highest BCUT2D eigenvalue weighted by Crippen LogP contribution is 2.35. The second-order valence-corrected chi connectivity index (χ2v) is 9.30. The van der Waals surface area contributed by atoms with Crippen molar-refractivity contribution in [2.45, 2.75) is 38.3 Å². The number of primary amides is 1. The maximum Gasteiger partial charge on any atom is 0.231 e. The number of piperidine rings is 1. The van der Waals surface area contributed by atoms with E-state index in [9.17, 15) is 4.79 Å². The van der Waals surface area contributed by atoms with Gasteiger partial charge in [-0.3, -0.25) is 9.69 Å². The Morgan fingerprint density at radius 3 is 2.71 bits per heavy atom. The van der Waals surface area contributed by atoms with Crippen molar-refractivity contribution in [3.05, 3.63) is 54.6 Å². The van der Waals surface area contributed by atoms with Crippen molar-refractivity contribution in [2.75, 3.05) is 36.4 Å². The molecule has 1 saturated heterocycles. The summed E-state index contributed by atoms with van der Waals surface area (Å²) in [5, 5.41) is 7.40. The summed E-state index contributed by atoms with van der Waals surface area (Å²) in [6, 6.07) is 8.25. The minimum atomic E-state index is -0.419. The van der Waals surface area contributed by atoms with Gasteiger partial charge in [-0.2, -0.15) is 9.49 Å². The third-order valence-electron chi connectivity index (χ3n) is 6.62. The van der Waals surface area contributed by atoms with Gasteiger partial charge in [-0.05, 0) is 62.4 Å². The molecule has 3 aromatic rings. The number of aromatic nitrogens is 5. The molecule has 2 aromatic heterocycles. The van der Waals surface area contributed by atoms with E-state index in [1.54, 1.807) is 11.0 Å². The predicted molar refractivity (Wildman–Crippen MR) is 129 cm³/mol. The molecule has 2 aliphatic rings. The number of hydrogen-bond donors (Lipinski definition) is 2. The fraction of sp³-hybridized carbons (Fsp3) is 0.458. The molecule has 10 nitrogen and oxygen atoms in total. The molecule has 0 bridgehead atoms. The highest BCUT2D eigenvalue weighted by atomic mass is 19.1. The largest absolute Gasteiger partial charge is 0.369 e. The van der Waals surface area contributed by atoms with Gasteiger partial charge in [-0.1, -0.05) is 12.1 Å². The van der Waals surface area contributed by atoms with E-state index in [0.29, 0.717) is 31.4 Å². The van der Waals surface area contributed by atoms with Crippen molar-refractivity contribution in [3.63, 3.8) is 0 Å². The Bertz CT molecular complexity index is 1140. The smallest absolute Gasteiger partial charge is 0.231 e. The van der Waals surface area contributed by atoms with Gasteiger partial charge in [0.1, 0.15) is 19.0 Å². The number of carbonyl (C=O) groups is 1. The Labute approximate surface area is 203 Å². The zero-order chi connectivity index (χ0) is 24.2. The van der Waals surface area contributed by atoms with Crippen LogP contribution in [0.25, 0.3) is 5.69 Å². The minimum absolute atomic E-state index is 0.233. The number of halogens is 1. The first-order valence-corrected chi connectivity index (χ1v) is 12.0. The quantitative estimate of drug-likeness (QED) is 0.453. The molecule has 1 saturated carbocycles. The van der Waals surface area contributed by atoms with Crippen molar-refractivity contribution >= 4 is 17.5 Å². The number of anilines is 2. The predicted octanol–water partition coefficient (Wildman–Crippen LogP) is 1.97. The molecule has 0 atom stereocenters. The summed E-state index contributed by atoms with van der Waals surface area (Å²) in [5.74, 6) is 0.223. The van der Waals surface area contributed by atoms with Crippen LogP contribution in [0.5, 0.6) is 0 Å². The number of likely N-dealkylation sites (tertiary alicyclic amines) is 1. The third-order valence-corrected chi connectivity index (χ3v) is 6.62. The van der Waals surface area contributed by atoms with Crippen LogP contribution in [0.1, 0.15) is 31.2 Å². The summed E-state index contributed by atoms with van der Waals surface area (Å²) in [6.07, 6.45) is 8.46. The van der Waals surface area contributed by atoms with Gasteiger partial charge in [-0.25, -0.2) is 19.6 Å². The van der Waals surface area contributed by atoms with E-state index in [0.717, 1.165) is 50.0 Å². The van der Waals surface area contributed by atoms with Crippen molar-refractivity contribution < 1.29 is 9.18 Å². The van der Waals surface area contributed by atoms with Crippen LogP contribution in [0.3, 0.4) is 0 Å². The molecule has 11 heteroatoms. The van der Waals surface area contributed by atoms with Crippen LogP contribution in [-0.4, -0.2) is 67.8 Å². The molecule has 184 valence electrons. The molecule has 1 amide bonds. The summed E-state index contributed by atoms with van der Waals surface area (Å²) >= 11 is 0. The third kappa shape index (κ3) is 5.73. The first kappa shape index (κ1) is 23.2. The van der Waals surface area contributed by atoms with Crippen LogP contribution < -0.4 is 16.0 Å². The molecule has 35 heavy (non-hydrogen) atoms. The van der Waals surface area contributed by atoms with Gasteiger partial charge in [0, 0.05) is 19.1 Å². The van der Waals surface area contributed by atoms with E-state index in [1.807, 2.05) is 29.2 Å². The van der Waals surface area contributed by atoms with Gasteiger partial charge in [0.25, 0.3) is 0 Å². The number of nitrogens with two attached hydrogens (primary N) is 1. The minimum Gasteiger partial charge on any atom is -0.369 e. The summed E-state index contributed by atoms with van der Waals surface area (Å²) in [4.78, 5) is 27.7. The maximum atomic E-state index is 15.6. The summed E-state index contributed by atoms with van der Waals surface area (Å²) < 4.78 is 17.3. The van der Waals surface area contributed by atoms with Gasteiger partial charge >= 0.3 is 0 Å². The monoisotopic (exact) mass is 479 g/mol. The Hall–Kier alpha value is -3.60. The lowest BCUT2D eigenvalue weighted by Gasteiger charge is -2.31. The number of amides is 1. The second kappa shape index (κ2) is 10.3. The Morgan fingerprint density at radius 1 is 1.17 bits per heavy atom. The molecule has 1 aliphatic carbocycles. The Morgan fingerprint density at radius 2 is 2.00 bits per heavy atom. The van der Waals surface area contributed by atoms with Crippen LogP contribution in [0, 0.1) is 11.7 Å². The molecule has 5 rings (SSSR count). The SMILES string of the molecule is NC(=O)CN1CCC(CNc2ncnc(N(Cc3cccc(-n4cncn4)c3)C3CC3)c2F)CC1. The van der Waals surface area contributed by atoms with E-state index in [2.05, 4.69) is 30.3 Å². The highest BCUT2D eigenvalue weighted by molar-refractivity contribution is 5.75. The molecule has 3 N–H and O–H groups in total. The molecule has 3 heterocycles. The number of rotatable bonds is 10. The zero-order valence-electron chi connectivity index (χ0n) is 19.6.